The Kier molecular flexibility index (Phi) is 6.42. The van der Waals surface area contributed by atoms with Gasteiger partial charge in [-0.1, -0.05) is 13.8 Å². The zero-order chi connectivity index (χ0) is 14.3. The summed E-state index contributed by atoms with van der Waals surface area (Å²) in [4.78, 5) is 23.8. The molecular weight excluding hydrogens is 262 g/mol. The van der Waals surface area contributed by atoms with Crippen LogP contribution >= 0.6 is 11.8 Å². The second-order valence-corrected chi connectivity index (χ2v) is 5.92. The molecule has 1 aromatic rings. The van der Waals surface area contributed by atoms with Crippen LogP contribution in [0.5, 0.6) is 0 Å². The first-order valence-corrected chi connectivity index (χ1v) is 7.02. The second-order valence-electron chi connectivity index (χ2n) is 4.27. The van der Waals surface area contributed by atoms with Crippen molar-refractivity contribution in [2.24, 2.45) is 0 Å². The van der Waals surface area contributed by atoms with E-state index in [1.165, 1.54) is 7.11 Å². The van der Waals surface area contributed by atoms with Crippen LogP contribution in [0.25, 0.3) is 0 Å². The highest BCUT2D eigenvalue weighted by molar-refractivity contribution is 7.99. The molecule has 0 aliphatic carbocycles. The number of esters is 1. The molecule has 1 aromatic carbocycles. The zero-order valence-electron chi connectivity index (χ0n) is 11.4. The zero-order valence-corrected chi connectivity index (χ0v) is 12.3. The second kappa shape index (κ2) is 7.84. The lowest BCUT2D eigenvalue weighted by Crippen LogP contribution is -2.26. The average molecular weight is 281 g/mol. The van der Waals surface area contributed by atoms with Gasteiger partial charge in [0.2, 0.25) is 0 Å². The van der Waals surface area contributed by atoms with Crippen LogP contribution in [0, 0.1) is 0 Å². The van der Waals surface area contributed by atoms with Gasteiger partial charge >= 0.3 is 5.97 Å². The minimum atomic E-state index is -0.330. The molecule has 0 aliphatic heterocycles. The molecule has 1 N–H and O–H groups in total. The maximum Gasteiger partial charge on any atom is 0.307 e. The van der Waals surface area contributed by atoms with E-state index < -0.39 is 0 Å². The Bertz CT molecular complexity index is 429. The molecule has 0 bridgehead atoms. The van der Waals surface area contributed by atoms with Crippen molar-refractivity contribution in [2.75, 3.05) is 13.7 Å². The Morgan fingerprint density at radius 1 is 1.26 bits per heavy atom. The van der Waals surface area contributed by atoms with Crippen molar-refractivity contribution >= 4 is 23.6 Å². The molecule has 0 heterocycles. The van der Waals surface area contributed by atoms with Gasteiger partial charge < -0.3 is 10.1 Å². The SMILES string of the molecule is COC(=O)CCNC(=O)c1ccc(SC(C)C)cc1. The summed E-state index contributed by atoms with van der Waals surface area (Å²) in [5, 5.41) is 3.19. The quantitative estimate of drug-likeness (QED) is 0.643. The van der Waals surface area contributed by atoms with Crippen molar-refractivity contribution < 1.29 is 14.3 Å². The summed E-state index contributed by atoms with van der Waals surface area (Å²) < 4.78 is 4.50. The minimum Gasteiger partial charge on any atom is -0.469 e. The molecule has 4 nitrogen and oxygen atoms in total. The molecule has 0 saturated carbocycles. The lowest BCUT2D eigenvalue weighted by molar-refractivity contribution is -0.140. The van der Waals surface area contributed by atoms with Crippen LogP contribution in [0.4, 0.5) is 0 Å². The summed E-state index contributed by atoms with van der Waals surface area (Å²) in [5.74, 6) is -0.506. The van der Waals surface area contributed by atoms with E-state index in [9.17, 15) is 9.59 Å². The van der Waals surface area contributed by atoms with Gasteiger partial charge in [0.25, 0.3) is 5.91 Å². The predicted molar refractivity (Wildman–Crippen MR) is 76.4 cm³/mol. The number of nitrogens with one attached hydrogen (secondary N) is 1. The number of hydrogen-bond acceptors (Lipinski definition) is 4. The molecule has 1 amide bonds. The molecule has 5 heteroatoms. The van der Waals surface area contributed by atoms with Crippen LogP contribution in [-0.4, -0.2) is 30.8 Å². The van der Waals surface area contributed by atoms with Gasteiger partial charge in [0.05, 0.1) is 13.5 Å². The predicted octanol–water partition coefficient (Wildman–Crippen LogP) is 2.48. The van der Waals surface area contributed by atoms with E-state index in [4.69, 9.17) is 0 Å². The largest absolute Gasteiger partial charge is 0.469 e. The fraction of sp³-hybridized carbons (Fsp3) is 0.429. The number of amides is 1. The summed E-state index contributed by atoms with van der Waals surface area (Å²) in [6.07, 6.45) is 0.184. The number of benzene rings is 1. The number of carbonyl (C=O) groups is 2. The van der Waals surface area contributed by atoms with Gasteiger partial charge in [-0.2, -0.15) is 0 Å². The van der Waals surface area contributed by atoms with Crippen molar-refractivity contribution in [1.29, 1.82) is 0 Å². The summed E-state index contributed by atoms with van der Waals surface area (Å²) >= 11 is 1.75. The van der Waals surface area contributed by atoms with Crippen LogP contribution < -0.4 is 5.32 Å². The average Bonchev–Trinajstić information content (AvgIpc) is 2.38. The first kappa shape index (κ1) is 15.6. The van der Waals surface area contributed by atoms with Gasteiger partial charge in [0.15, 0.2) is 0 Å². The molecule has 0 radical (unpaired) electrons. The summed E-state index contributed by atoms with van der Waals surface area (Å²) in [7, 11) is 1.33. The highest BCUT2D eigenvalue weighted by Crippen LogP contribution is 2.22. The summed E-state index contributed by atoms with van der Waals surface area (Å²) in [6.45, 7) is 4.53. The lowest BCUT2D eigenvalue weighted by Gasteiger charge is -2.07. The van der Waals surface area contributed by atoms with E-state index in [0.29, 0.717) is 10.8 Å². The number of thioether (sulfide) groups is 1. The molecule has 1 rings (SSSR count). The van der Waals surface area contributed by atoms with Crippen LogP contribution in [0.3, 0.4) is 0 Å². The molecule has 104 valence electrons. The third-order valence-corrected chi connectivity index (χ3v) is 3.35. The Hall–Kier alpha value is -1.49. The third-order valence-electron chi connectivity index (χ3n) is 2.33. The topological polar surface area (TPSA) is 55.4 Å². The minimum absolute atomic E-state index is 0.176. The van der Waals surface area contributed by atoms with E-state index in [2.05, 4.69) is 23.9 Å². The fourth-order valence-corrected chi connectivity index (χ4v) is 2.28. The molecule has 0 saturated heterocycles. The molecule has 0 aliphatic rings. The van der Waals surface area contributed by atoms with Gasteiger partial charge in [-0.15, -0.1) is 11.8 Å². The third kappa shape index (κ3) is 5.79. The van der Waals surface area contributed by atoms with Crippen molar-refractivity contribution in [2.45, 2.75) is 30.4 Å². The Labute approximate surface area is 117 Å². The van der Waals surface area contributed by atoms with Crippen molar-refractivity contribution in [3.05, 3.63) is 29.8 Å². The maximum absolute atomic E-state index is 11.8. The molecular formula is C14H19NO3S. The van der Waals surface area contributed by atoms with E-state index in [1.807, 2.05) is 12.1 Å². The van der Waals surface area contributed by atoms with Crippen LogP contribution in [0.2, 0.25) is 0 Å². The molecule has 0 aromatic heterocycles. The summed E-state index contributed by atoms with van der Waals surface area (Å²) in [5.41, 5.74) is 0.595. The van der Waals surface area contributed by atoms with Gasteiger partial charge in [-0.25, -0.2) is 0 Å². The normalized spacial score (nSPS) is 10.3. The lowest BCUT2D eigenvalue weighted by atomic mass is 10.2. The molecule has 0 atom stereocenters. The standard InChI is InChI=1S/C14H19NO3S/c1-10(2)19-12-6-4-11(5-7-12)14(17)15-9-8-13(16)18-3/h4-7,10H,8-9H2,1-3H3,(H,15,17). The van der Waals surface area contributed by atoms with Gasteiger partial charge in [0, 0.05) is 22.3 Å². The highest BCUT2D eigenvalue weighted by atomic mass is 32.2. The highest BCUT2D eigenvalue weighted by Gasteiger charge is 2.07. The number of carbonyl (C=O) groups excluding carboxylic acids is 2. The Morgan fingerprint density at radius 2 is 1.89 bits per heavy atom. The van der Waals surface area contributed by atoms with Crippen molar-refractivity contribution in [3.8, 4) is 0 Å². The first-order valence-electron chi connectivity index (χ1n) is 6.14. The van der Waals surface area contributed by atoms with Crippen LogP contribution in [0.1, 0.15) is 30.6 Å². The molecule has 0 fully saturated rings. The van der Waals surface area contributed by atoms with Gasteiger partial charge in [-0.3, -0.25) is 9.59 Å². The smallest absolute Gasteiger partial charge is 0.307 e. The van der Waals surface area contributed by atoms with Crippen molar-refractivity contribution in [1.82, 2.24) is 5.32 Å². The van der Waals surface area contributed by atoms with E-state index in [1.54, 1.807) is 23.9 Å². The fourth-order valence-electron chi connectivity index (χ4n) is 1.44. The van der Waals surface area contributed by atoms with Crippen LogP contribution in [-0.2, 0) is 9.53 Å². The number of rotatable bonds is 6. The first-order chi connectivity index (χ1) is 9.02. The van der Waals surface area contributed by atoms with Gasteiger partial charge in [0.1, 0.15) is 0 Å². The summed E-state index contributed by atoms with van der Waals surface area (Å²) in [6, 6.07) is 7.44. The maximum atomic E-state index is 11.8. The van der Waals surface area contributed by atoms with Crippen LogP contribution in [0.15, 0.2) is 29.2 Å². The van der Waals surface area contributed by atoms with E-state index in [0.717, 1.165) is 4.90 Å². The molecule has 0 spiro atoms. The Morgan fingerprint density at radius 3 is 2.42 bits per heavy atom. The van der Waals surface area contributed by atoms with E-state index >= 15 is 0 Å². The Balaban J connectivity index is 2.46. The number of ether oxygens (including phenoxy) is 1. The number of hydrogen-bond donors (Lipinski definition) is 1. The van der Waals surface area contributed by atoms with Crippen molar-refractivity contribution in [3.63, 3.8) is 0 Å². The number of methoxy groups -OCH3 is 1. The monoisotopic (exact) mass is 281 g/mol. The molecule has 19 heavy (non-hydrogen) atoms. The molecule has 0 unspecified atom stereocenters. The van der Waals surface area contributed by atoms with E-state index in [-0.39, 0.29) is 24.8 Å². The van der Waals surface area contributed by atoms with Gasteiger partial charge in [-0.05, 0) is 24.3 Å².